The number of methoxy groups -OCH3 is 1. The van der Waals surface area contributed by atoms with Gasteiger partial charge in [0.1, 0.15) is 11.8 Å². The first-order valence-corrected chi connectivity index (χ1v) is 9.66. The van der Waals surface area contributed by atoms with Crippen LogP contribution in [-0.2, 0) is 23.6 Å². The van der Waals surface area contributed by atoms with Crippen LogP contribution < -0.4 is 10.1 Å². The van der Waals surface area contributed by atoms with Gasteiger partial charge in [-0.2, -0.15) is 26.3 Å². The number of benzene rings is 2. The van der Waals surface area contributed by atoms with E-state index in [4.69, 9.17) is 9.47 Å². The van der Waals surface area contributed by atoms with Crippen LogP contribution in [0.25, 0.3) is 0 Å². The predicted molar refractivity (Wildman–Crippen MR) is 104 cm³/mol. The summed E-state index contributed by atoms with van der Waals surface area (Å²) in [6, 6.07) is 4.62. The summed E-state index contributed by atoms with van der Waals surface area (Å²) in [4.78, 5) is 25.4. The molecule has 1 fully saturated rings. The second-order valence-electron chi connectivity index (χ2n) is 7.23. The fourth-order valence-electron chi connectivity index (χ4n) is 3.46. The summed E-state index contributed by atoms with van der Waals surface area (Å²) in [6.45, 7) is -1.10. The maximum atomic E-state index is 13.2. The van der Waals surface area contributed by atoms with E-state index < -0.39 is 59.9 Å². The molecule has 3 amide bonds. The smallest absolute Gasteiger partial charge is 0.419 e. The van der Waals surface area contributed by atoms with E-state index in [0.29, 0.717) is 28.3 Å². The number of nitrogens with zero attached hydrogens (tertiary/aromatic N) is 1. The number of ether oxygens (including phenoxy) is 2. The van der Waals surface area contributed by atoms with Gasteiger partial charge in [-0.3, -0.25) is 0 Å². The zero-order valence-corrected chi connectivity index (χ0v) is 17.4. The van der Waals surface area contributed by atoms with Crippen LogP contribution in [0.4, 0.5) is 35.9 Å². The number of hydrogen-bond donors (Lipinski definition) is 2. The van der Waals surface area contributed by atoms with Crippen molar-refractivity contribution in [3.05, 3.63) is 64.7 Å². The second kappa shape index (κ2) is 9.41. The minimum absolute atomic E-state index is 0.0774. The van der Waals surface area contributed by atoms with E-state index in [-0.39, 0.29) is 12.6 Å². The Kier molecular flexibility index (Phi) is 6.96. The largest absolute Gasteiger partial charge is 0.496 e. The molecule has 7 nitrogen and oxygen atoms in total. The van der Waals surface area contributed by atoms with Crippen LogP contribution in [0.2, 0.25) is 0 Å². The molecule has 1 heterocycles. The Balaban J connectivity index is 1.89. The summed E-state index contributed by atoms with van der Waals surface area (Å²) in [6.07, 6.45) is -13.4. The Hall–Kier alpha value is -3.48. The number of hydrogen-bond acceptors (Lipinski definition) is 5. The quantitative estimate of drug-likeness (QED) is 0.601. The average molecular weight is 492 g/mol. The zero-order valence-electron chi connectivity index (χ0n) is 17.4. The molecule has 0 saturated carbocycles. The average Bonchev–Trinajstić information content (AvgIpc) is 3.12. The van der Waals surface area contributed by atoms with Gasteiger partial charge in [0, 0.05) is 12.1 Å². The Morgan fingerprint density at radius 1 is 1.09 bits per heavy atom. The van der Waals surface area contributed by atoms with E-state index in [1.54, 1.807) is 24.3 Å². The Morgan fingerprint density at radius 3 is 2.21 bits per heavy atom. The normalized spacial score (nSPS) is 18.6. The molecule has 0 aromatic heterocycles. The number of aliphatic hydroxyl groups is 1. The van der Waals surface area contributed by atoms with Crippen LogP contribution in [0.1, 0.15) is 28.4 Å². The minimum Gasteiger partial charge on any atom is -0.496 e. The van der Waals surface area contributed by atoms with Crippen molar-refractivity contribution in [3.8, 4) is 5.75 Å². The molecule has 0 unspecified atom stereocenters. The highest BCUT2D eigenvalue weighted by atomic mass is 19.4. The molecule has 2 atom stereocenters. The molecule has 13 heteroatoms. The summed E-state index contributed by atoms with van der Waals surface area (Å²) in [5, 5.41) is 12.1. The molecule has 2 aromatic rings. The van der Waals surface area contributed by atoms with Crippen LogP contribution in [-0.4, -0.2) is 41.9 Å². The van der Waals surface area contributed by atoms with Gasteiger partial charge in [-0.1, -0.05) is 18.2 Å². The summed E-state index contributed by atoms with van der Waals surface area (Å²) >= 11 is 0. The van der Waals surface area contributed by atoms with Gasteiger partial charge in [-0.15, -0.1) is 0 Å². The first-order chi connectivity index (χ1) is 15.9. The lowest BCUT2D eigenvalue weighted by Gasteiger charge is -2.23. The van der Waals surface area contributed by atoms with E-state index in [9.17, 15) is 41.0 Å². The van der Waals surface area contributed by atoms with E-state index in [1.165, 1.54) is 7.11 Å². The number of para-hydroxylation sites is 1. The number of urea groups is 1. The predicted octanol–water partition coefficient (Wildman–Crippen LogP) is 4.50. The van der Waals surface area contributed by atoms with Crippen molar-refractivity contribution in [1.29, 1.82) is 0 Å². The van der Waals surface area contributed by atoms with E-state index in [1.807, 2.05) is 0 Å². The lowest BCUT2D eigenvalue weighted by molar-refractivity contribution is -0.143. The SMILES string of the molecule is COc1ccccc1CNC(=O)N1C(=O)O[C@H](c2cc(C(F)(F)F)cc(C(F)(F)F)c2)[C@@H]1CO. The van der Waals surface area contributed by atoms with Gasteiger partial charge >= 0.3 is 24.5 Å². The minimum atomic E-state index is -5.13. The summed E-state index contributed by atoms with van der Waals surface area (Å²) < 4.78 is 89.2. The van der Waals surface area contributed by atoms with Crippen molar-refractivity contribution < 1.29 is 50.5 Å². The first-order valence-electron chi connectivity index (χ1n) is 9.66. The van der Waals surface area contributed by atoms with Gasteiger partial charge in [0.05, 0.1) is 24.8 Å². The molecular formula is C21H18F6N2O5. The summed E-state index contributed by atoms with van der Waals surface area (Å²) in [5.41, 5.74) is -3.39. The van der Waals surface area contributed by atoms with Gasteiger partial charge < -0.3 is 19.9 Å². The van der Waals surface area contributed by atoms with Crippen molar-refractivity contribution in [2.45, 2.75) is 31.0 Å². The number of imide groups is 1. The highest BCUT2D eigenvalue weighted by Crippen LogP contribution is 2.40. The number of carbonyl (C=O) groups is 2. The van der Waals surface area contributed by atoms with Gasteiger partial charge in [0.2, 0.25) is 0 Å². The maximum absolute atomic E-state index is 13.2. The highest BCUT2D eigenvalue weighted by Gasteiger charge is 2.47. The van der Waals surface area contributed by atoms with Crippen molar-refractivity contribution >= 4 is 12.1 Å². The molecule has 184 valence electrons. The summed E-state index contributed by atoms with van der Waals surface area (Å²) in [7, 11) is 1.40. The lowest BCUT2D eigenvalue weighted by Crippen LogP contribution is -2.47. The number of carbonyl (C=O) groups excluding carboxylic acids is 2. The highest BCUT2D eigenvalue weighted by molar-refractivity contribution is 5.93. The number of amides is 3. The lowest BCUT2D eigenvalue weighted by atomic mass is 9.97. The van der Waals surface area contributed by atoms with Gasteiger partial charge in [-0.05, 0) is 29.8 Å². The molecule has 34 heavy (non-hydrogen) atoms. The molecule has 2 N–H and O–H groups in total. The Labute approximate surface area is 188 Å². The van der Waals surface area contributed by atoms with Crippen LogP contribution in [0.15, 0.2) is 42.5 Å². The van der Waals surface area contributed by atoms with Gasteiger partial charge in [0.25, 0.3) is 0 Å². The molecule has 0 aliphatic carbocycles. The third kappa shape index (κ3) is 5.19. The van der Waals surface area contributed by atoms with Crippen LogP contribution in [0.3, 0.4) is 0 Å². The van der Waals surface area contributed by atoms with Crippen LogP contribution in [0, 0.1) is 0 Å². The number of halogens is 6. The van der Waals surface area contributed by atoms with Gasteiger partial charge in [0.15, 0.2) is 6.10 Å². The maximum Gasteiger partial charge on any atom is 0.419 e. The molecule has 3 rings (SSSR count). The molecular weight excluding hydrogens is 474 g/mol. The number of aliphatic hydroxyl groups excluding tert-OH is 1. The number of rotatable bonds is 5. The third-order valence-corrected chi connectivity index (χ3v) is 5.07. The fraction of sp³-hybridized carbons (Fsp3) is 0.333. The van der Waals surface area contributed by atoms with Crippen LogP contribution >= 0.6 is 0 Å². The molecule has 0 bridgehead atoms. The summed E-state index contributed by atoms with van der Waals surface area (Å²) in [5.74, 6) is 0.423. The van der Waals surface area contributed by atoms with E-state index in [0.717, 1.165) is 0 Å². The molecule has 0 spiro atoms. The molecule has 1 aliphatic heterocycles. The molecule has 0 radical (unpaired) electrons. The Bertz CT molecular complexity index is 1040. The molecule has 1 saturated heterocycles. The van der Waals surface area contributed by atoms with Crippen LogP contribution in [0.5, 0.6) is 5.75 Å². The fourth-order valence-corrected chi connectivity index (χ4v) is 3.46. The number of cyclic esters (lactones) is 1. The monoisotopic (exact) mass is 492 g/mol. The molecule has 1 aliphatic rings. The molecule has 2 aromatic carbocycles. The van der Waals surface area contributed by atoms with E-state index in [2.05, 4.69) is 5.32 Å². The first kappa shape index (κ1) is 25.1. The van der Waals surface area contributed by atoms with Gasteiger partial charge in [-0.25, -0.2) is 14.5 Å². The van der Waals surface area contributed by atoms with Crippen molar-refractivity contribution in [2.75, 3.05) is 13.7 Å². The number of nitrogens with one attached hydrogen (secondary N) is 1. The van der Waals surface area contributed by atoms with Crippen molar-refractivity contribution in [1.82, 2.24) is 10.2 Å². The third-order valence-electron chi connectivity index (χ3n) is 5.07. The number of alkyl halides is 6. The van der Waals surface area contributed by atoms with Crippen molar-refractivity contribution in [3.63, 3.8) is 0 Å². The standard InChI is InChI=1S/C21H18F6N2O5/c1-33-16-5-3-2-4-11(16)9-28-18(31)29-15(10-30)17(34-19(29)32)12-6-13(20(22,23)24)8-14(7-12)21(25,26)27/h2-8,15,17,30H,9-10H2,1H3,(H,28,31)/t15-,17+/m0/s1. The van der Waals surface area contributed by atoms with Crippen molar-refractivity contribution in [2.24, 2.45) is 0 Å². The topological polar surface area (TPSA) is 88.1 Å². The second-order valence-corrected chi connectivity index (χ2v) is 7.23. The zero-order chi connectivity index (χ0) is 25.3. The Morgan fingerprint density at radius 2 is 1.68 bits per heavy atom. The van der Waals surface area contributed by atoms with E-state index >= 15 is 0 Å².